The van der Waals surface area contributed by atoms with Gasteiger partial charge in [-0.15, -0.1) is 6.58 Å². The van der Waals surface area contributed by atoms with E-state index in [0.717, 1.165) is 0 Å². The summed E-state index contributed by atoms with van der Waals surface area (Å²) in [6.07, 6.45) is 1.50. The molecule has 0 aliphatic carbocycles. The maximum atomic E-state index is 12.0. The molecule has 0 radical (unpaired) electrons. The number of ether oxygens (including phenoxy) is 1. The minimum atomic E-state index is -0.752. The first-order valence-electron chi connectivity index (χ1n) is 7.11. The molecule has 1 fully saturated rings. The Labute approximate surface area is 124 Å². The predicted molar refractivity (Wildman–Crippen MR) is 78.5 cm³/mol. The maximum absolute atomic E-state index is 12.0. The van der Waals surface area contributed by atoms with Gasteiger partial charge in [0.05, 0.1) is 12.1 Å². The van der Waals surface area contributed by atoms with Gasteiger partial charge in [0.25, 0.3) is 0 Å². The Morgan fingerprint density at radius 3 is 2.95 bits per heavy atom. The van der Waals surface area contributed by atoms with Gasteiger partial charge < -0.3 is 15.6 Å². The summed E-state index contributed by atoms with van der Waals surface area (Å²) < 4.78 is 5.27. The molecule has 0 aromatic heterocycles. The van der Waals surface area contributed by atoms with Crippen LogP contribution in [0.1, 0.15) is 26.2 Å². The van der Waals surface area contributed by atoms with Gasteiger partial charge in [0.1, 0.15) is 0 Å². The normalized spacial score (nSPS) is 24.1. The van der Waals surface area contributed by atoms with Crippen LogP contribution in [0, 0.1) is 0 Å². The van der Waals surface area contributed by atoms with Crippen LogP contribution >= 0.6 is 0 Å². The van der Waals surface area contributed by atoms with E-state index in [1.807, 2.05) is 6.92 Å². The predicted octanol–water partition coefficient (Wildman–Crippen LogP) is 1.55. The Balaban J connectivity index is 2.71. The van der Waals surface area contributed by atoms with Gasteiger partial charge in [-0.2, -0.15) is 0 Å². The molecule has 1 aliphatic heterocycles. The minimum absolute atomic E-state index is 0.387. The summed E-state index contributed by atoms with van der Waals surface area (Å²) in [6.45, 7) is 6.30. The van der Waals surface area contributed by atoms with Crippen molar-refractivity contribution in [2.45, 2.75) is 50.5 Å². The number of nitrogens with two attached hydrogens (primary N) is 1. The van der Waals surface area contributed by atoms with Crippen molar-refractivity contribution in [1.82, 2.24) is 4.90 Å². The van der Waals surface area contributed by atoms with Crippen LogP contribution in [-0.4, -0.2) is 53.5 Å². The van der Waals surface area contributed by atoms with Crippen molar-refractivity contribution >= 4 is 6.09 Å². The molecular weight excluding hydrogens is 274 g/mol. The number of hydrogen-bond donors (Lipinski definition) is 2. The lowest BCUT2D eigenvalue weighted by molar-refractivity contribution is 0.0135. The SMILES string of the molecule is C=C[C@@H](N)[C@@H]1[C@@H]([C@H](O)CC)OC(=O)N1CCCCN=[N+]=[N-]. The molecule has 1 rings (SSSR count). The van der Waals surface area contributed by atoms with E-state index in [1.54, 1.807) is 6.08 Å². The summed E-state index contributed by atoms with van der Waals surface area (Å²) in [5, 5.41) is 13.4. The minimum Gasteiger partial charge on any atom is -0.441 e. The van der Waals surface area contributed by atoms with Crippen molar-refractivity contribution in [3.63, 3.8) is 0 Å². The van der Waals surface area contributed by atoms with Crippen molar-refractivity contribution in [3.05, 3.63) is 23.1 Å². The molecule has 0 aromatic rings. The molecule has 21 heavy (non-hydrogen) atoms. The van der Waals surface area contributed by atoms with E-state index in [9.17, 15) is 9.90 Å². The summed E-state index contributed by atoms with van der Waals surface area (Å²) >= 11 is 0. The Hall–Kier alpha value is -1.76. The smallest absolute Gasteiger partial charge is 0.410 e. The number of unbranched alkanes of at least 4 members (excludes halogenated alkanes) is 1. The number of carbonyl (C=O) groups is 1. The first-order valence-corrected chi connectivity index (χ1v) is 7.11. The summed E-state index contributed by atoms with van der Waals surface area (Å²) in [5.41, 5.74) is 14.2. The highest BCUT2D eigenvalue weighted by Crippen LogP contribution is 2.26. The summed E-state index contributed by atoms with van der Waals surface area (Å²) in [4.78, 5) is 16.2. The van der Waals surface area contributed by atoms with E-state index in [0.29, 0.717) is 32.4 Å². The van der Waals surface area contributed by atoms with Crippen LogP contribution < -0.4 is 5.73 Å². The van der Waals surface area contributed by atoms with E-state index in [-0.39, 0.29) is 0 Å². The lowest BCUT2D eigenvalue weighted by Crippen LogP contribution is -2.52. The number of rotatable bonds is 9. The molecule has 1 amide bonds. The molecule has 0 spiro atoms. The molecule has 0 bridgehead atoms. The highest BCUT2D eigenvalue weighted by atomic mass is 16.6. The van der Waals surface area contributed by atoms with Crippen LogP contribution in [0.25, 0.3) is 10.4 Å². The molecule has 0 unspecified atom stereocenters. The molecule has 8 heteroatoms. The molecule has 0 saturated carbocycles. The van der Waals surface area contributed by atoms with Crippen LogP contribution in [0.3, 0.4) is 0 Å². The van der Waals surface area contributed by atoms with Crippen LogP contribution in [0.15, 0.2) is 17.8 Å². The second-order valence-electron chi connectivity index (χ2n) is 4.98. The number of hydrogen-bond acceptors (Lipinski definition) is 5. The zero-order valence-electron chi connectivity index (χ0n) is 12.3. The van der Waals surface area contributed by atoms with Crippen molar-refractivity contribution in [3.8, 4) is 0 Å². The zero-order chi connectivity index (χ0) is 15.8. The Morgan fingerprint density at radius 1 is 1.67 bits per heavy atom. The lowest BCUT2D eigenvalue weighted by atomic mass is 9.96. The Morgan fingerprint density at radius 2 is 2.38 bits per heavy atom. The fourth-order valence-electron chi connectivity index (χ4n) is 2.41. The molecule has 118 valence electrons. The van der Waals surface area contributed by atoms with Crippen molar-refractivity contribution in [2.75, 3.05) is 13.1 Å². The average Bonchev–Trinajstić information content (AvgIpc) is 2.82. The monoisotopic (exact) mass is 297 g/mol. The number of aliphatic hydroxyl groups excluding tert-OH is 1. The first kappa shape index (κ1) is 17.3. The van der Waals surface area contributed by atoms with Crippen LogP contribution in [0.4, 0.5) is 4.79 Å². The second kappa shape index (κ2) is 8.51. The molecular formula is C13H23N5O3. The highest BCUT2D eigenvalue weighted by Gasteiger charge is 2.46. The van der Waals surface area contributed by atoms with Gasteiger partial charge >= 0.3 is 6.09 Å². The topological polar surface area (TPSA) is 125 Å². The number of amides is 1. The van der Waals surface area contributed by atoms with Crippen molar-refractivity contribution in [2.24, 2.45) is 10.8 Å². The standard InChI is InChI=1S/C13H23N5O3/c1-3-9(14)11-12(10(19)4-2)21-13(20)18(11)8-6-5-7-16-17-15/h3,9-12,19H,1,4-8,14H2,2H3/t9-,10-,11-,12-/m1/s1. The summed E-state index contributed by atoms with van der Waals surface area (Å²) in [6, 6.07) is -0.899. The van der Waals surface area contributed by atoms with Gasteiger partial charge in [0.15, 0.2) is 6.10 Å². The maximum Gasteiger partial charge on any atom is 0.410 e. The number of azide groups is 1. The van der Waals surface area contributed by atoms with Gasteiger partial charge in [-0.1, -0.05) is 18.1 Å². The van der Waals surface area contributed by atoms with Crippen LogP contribution in [0.2, 0.25) is 0 Å². The number of nitrogens with zero attached hydrogens (tertiary/aromatic N) is 4. The average molecular weight is 297 g/mol. The summed E-state index contributed by atoms with van der Waals surface area (Å²) in [5.74, 6) is 0. The third-order valence-electron chi connectivity index (χ3n) is 3.60. The van der Waals surface area contributed by atoms with Crippen molar-refractivity contribution in [1.29, 1.82) is 0 Å². The lowest BCUT2D eigenvalue weighted by Gasteiger charge is -2.29. The second-order valence-corrected chi connectivity index (χ2v) is 4.98. The van der Waals surface area contributed by atoms with Gasteiger partial charge in [-0.3, -0.25) is 4.90 Å². The quantitative estimate of drug-likeness (QED) is 0.220. The third-order valence-corrected chi connectivity index (χ3v) is 3.60. The molecule has 3 N–H and O–H groups in total. The fourth-order valence-corrected chi connectivity index (χ4v) is 2.41. The van der Waals surface area contributed by atoms with Gasteiger partial charge in [-0.25, -0.2) is 4.79 Å². The van der Waals surface area contributed by atoms with E-state index >= 15 is 0 Å². The van der Waals surface area contributed by atoms with Gasteiger partial charge in [0.2, 0.25) is 0 Å². The van der Waals surface area contributed by atoms with Crippen molar-refractivity contribution < 1.29 is 14.6 Å². The highest BCUT2D eigenvalue weighted by molar-refractivity contribution is 5.71. The van der Waals surface area contributed by atoms with Gasteiger partial charge in [-0.05, 0) is 24.8 Å². The fraction of sp³-hybridized carbons (Fsp3) is 0.769. The Kier molecular flexibility index (Phi) is 7.01. The molecule has 4 atom stereocenters. The molecule has 1 saturated heterocycles. The number of aliphatic hydroxyl groups is 1. The largest absolute Gasteiger partial charge is 0.441 e. The van der Waals surface area contributed by atoms with Crippen LogP contribution in [0.5, 0.6) is 0 Å². The van der Waals surface area contributed by atoms with E-state index in [2.05, 4.69) is 16.6 Å². The van der Waals surface area contributed by atoms with Gasteiger partial charge in [0, 0.05) is 24.0 Å². The van der Waals surface area contributed by atoms with E-state index in [4.69, 9.17) is 16.0 Å². The number of carbonyl (C=O) groups excluding carboxylic acids is 1. The first-order chi connectivity index (χ1) is 10.1. The number of cyclic esters (lactones) is 1. The molecule has 1 heterocycles. The summed E-state index contributed by atoms with van der Waals surface area (Å²) in [7, 11) is 0. The molecule has 0 aromatic carbocycles. The molecule has 8 nitrogen and oxygen atoms in total. The van der Waals surface area contributed by atoms with E-state index < -0.39 is 30.4 Å². The molecule has 1 aliphatic rings. The Bertz CT molecular complexity index is 411. The van der Waals surface area contributed by atoms with E-state index in [1.165, 1.54) is 4.90 Å². The zero-order valence-corrected chi connectivity index (χ0v) is 12.3. The van der Waals surface area contributed by atoms with Crippen LogP contribution in [-0.2, 0) is 4.74 Å². The third kappa shape index (κ3) is 4.35.